The number of oxazole rings is 1. The number of carboxylic acids is 1. The van der Waals surface area contributed by atoms with Crippen molar-refractivity contribution in [2.24, 2.45) is 0 Å². The Labute approximate surface area is 115 Å². The number of carboxylic acid groups (broad SMARTS) is 1. The number of aromatic carboxylic acids is 1. The number of morpholine rings is 1. The van der Waals surface area contributed by atoms with Gasteiger partial charge >= 0.3 is 5.97 Å². The highest BCUT2D eigenvalue weighted by Gasteiger charge is 2.18. The first kappa shape index (κ1) is 12.7. The van der Waals surface area contributed by atoms with Crippen LogP contribution in [0.5, 0.6) is 0 Å². The molecule has 6 heteroatoms. The second-order valence-corrected chi connectivity index (χ2v) is 4.48. The van der Waals surface area contributed by atoms with Crippen LogP contribution in [0.2, 0.25) is 0 Å². The lowest BCUT2D eigenvalue weighted by Gasteiger charge is -2.29. The number of hydrogen-bond acceptors (Lipinski definition) is 5. The summed E-state index contributed by atoms with van der Waals surface area (Å²) in [7, 11) is 0. The molecule has 0 bridgehead atoms. The van der Waals surface area contributed by atoms with E-state index in [1.54, 1.807) is 0 Å². The molecule has 0 radical (unpaired) electrons. The molecule has 0 unspecified atom stereocenters. The van der Waals surface area contributed by atoms with E-state index in [2.05, 4.69) is 9.88 Å². The third-order valence-corrected chi connectivity index (χ3v) is 3.25. The van der Waals surface area contributed by atoms with E-state index >= 15 is 0 Å². The lowest BCUT2D eigenvalue weighted by Crippen LogP contribution is -2.36. The van der Waals surface area contributed by atoms with Gasteiger partial charge in [-0.3, -0.25) is 0 Å². The second-order valence-electron chi connectivity index (χ2n) is 4.48. The van der Waals surface area contributed by atoms with Gasteiger partial charge in [0.05, 0.1) is 13.2 Å². The van der Waals surface area contributed by atoms with Crippen LogP contribution in [0.25, 0.3) is 11.3 Å². The Morgan fingerprint density at radius 3 is 2.85 bits per heavy atom. The van der Waals surface area contributed by atoms with Gasteiger partial charge in [0.15, 0.2) is 17.8 Å². The topological polar surface area (TPSA) is 75.8 Å². The highest BCUT2D eigenvalue weighted by atomic mass is 16.5. The molecule has 0 spiro atoms. The number of ether oxygens (including phenoxy) is 1. The zero-order chi connectivity index (χ0) is 13.9. The molecule has 2 aromatic rings. The van der Waals surface area contributed by atoms with Crippen molar-refractivity contribution < 1.29 is 19.1 Å². The number of rotatable bonds is 3. The molecule has 1 saturated heterocycles. The fraction of sp³-hybridized carbons (Fsp3) is 0.286. The van der Waals surface area contributed by atoms with Crippen LogP contribution in [-0.2, 0) is 4.74 Å². The van der Waals surface area contributed by atoms with Crippen molar-refractivity contribution in [3.63, 3.8) is 0 Å². The summed E-state index contributed by atoms with van der Waals surface area (Å²) in [4.78, 5) is 17.0. The van der Waals surface area contributed by atoms with Crippen LogP contribution in [0.3, 0.4) is 0 Å². The number of aromatic nitrogens is 1. The Bertz CT molecular complexity index is 617. The first-order chi connectivity index (χ1) is 9.75. The fourth-order valence-electron chi connectivity index (χ4n) is 2.27. The number of hydrogen-bond donors (Lipinski definition) is 1. The van der Waals surface area contributed by atoms with Crippen molar-refractivity contribution in [3.8, 4) is 11.3 Å². The van der Waals surface area contributed by atoms with E-state index in [4.69, 9.17) is 14.3 Å². The Balaban J connectivity index is 1.94. The summed E-state index contributed by atoms with van der Waals surface area (Å²) in [5.74, 6) is -0.807. The summed E-state index contributed by atoms with van der Waals surface area (Å²) >= 11 is 0. The summed E-state index contributed by atoms with van der Waals surface area (Å²) in [6.45, 7) is 3.05. The van der Waals surface area contributed by atoms with Crippen LogP contribution in [-0.4, -0.2) is 42.4 Å². The fourth-order valence-corrected chi connectivity index (χ4v) is 2.27. The number of anilines is 1. The van der Waals surface area contributed by atoms with Crippen molar-refractivity contribution in [2.75, 3.05) is 31.2 Å². The zero-order valence-corrected chi connectivity index (χ0v) is 10.8. The van der Waals surface area contributed by atoms with Gasteiger partial charge in [0.1, 0.15) is 0 Å². The largest absolute Gasteiger partial charge is 0.476 e. The Morgan fingerprint density at radius 1 is 1.30 bits per heavy atom. The quantitative estimate of drug-likeness (QED) is 0.921. The van der Waals surface area contributed by atoms with E-state index in [1.165, 1.54) is 0 Å². The van der Waals surface area contributed by atoms with Crippen LogP contribution in [0.1, 0.15) is 10.5 Å². The van der Waals surface area contributed by atoms with E-state index in [9.17, 15) is 4.79 Å². The predicted molar refractivity (Wildman–Crippen MR) is 71.9 cm³/mol. The molecule has 0 amide bonds. The van der Waals surface area contributed by atoms with Crippen molar-refractivity contribution in [1.29, 1.82) is 0 Å². The molecule has 0 aliphatic carbocycles. The SMILES string of the molecule is O=C(O)c1ncoc1-c1cccc(N2CCOCC2)c1. The van der Waals surface area contributed by atoms with Gasteiger partial charge in [-0.15, -0.1) is 0 Å². The van der Waals surface area contributed by atoms with Crippen LogP contribution in [0.4, 0.5) is 5.69 Å². The van der Waals surface area contributed by atoms with Gasteiger partial charge in [0.2, 0.25) is 0 Å². The van der Waals surface area contributed by atoms with E-state index in [0.717, 1.165) is 25.2 Å². The number of nitrogens with zero attached hydrogens (tertiary/aromatic N) is 2. The van der Waals surface area contributed by atoms with Gasteiger partial charge in [-0.05, 0) is 12.1 Å². The van der Waals surface area contributed by atoms with E-state index in [-0.39, 0.29) is 11.5 Å². The average molecular weight is 274 g/mol. The van der Waals surface area contributed by atoms with Gasteiger partial charge in [0.25, 0.3) is 0 Å². The molecular weight excluding hydrogens is 260 g/mol. The Kier molecular flexibility index (Phi) is 3.39. The molecule has 2 heterocycles. The minimum absolute atomic E-state index is 0.0656. The summed E-state index contributed by atoms with van der Waals surface area (Å²) in [6.07, 6.45) is 1.15. The Hall–Kier alpha value is -2.34. The zero-order valence-electron chi connectivity index (χ0n) is 10.8. The van der Waals surface area contributed by atoms with Gasteiger partial charge in [-0.25, -0.2) is 9.78 Å². The van der Waals surface area contributed by atoms with Gasteiger partial charge in [-0.1, -0.05) is 12.1 Å². The van der Waals surface area contributed by atoms with Gasteiger partial charge < -0.3 is 19.2 Å². The molecule has 1 N–H and O–H groups in total. The number of carbonyl (C=O) groups is 1. The minimum atomic E-state index is -1.09. The van der Waals surface area contributed by atoms with Crippen LogP contribution in [0.15, 0.2) is 35.1 Å². The maximum atomic E-state index is 11.1. The predicted octanol–water partition coefficient (Wildman–Crippen LogP) is 1.88. The third-order valence-electron chi connectivity index (χ3n) is 3.25. The maximum absolute atomic E-state index is 11.1. The third kappa shape index (κ3) is 2.37. The first-order valence-corrected chi connectivity index (χ1v) is 6.35. The highest BCUT2D eigenvalue weighted by Crippen LogP contribution is 2.27. The number of benzene rings is 1. The normalized spacial score (nSPS) is 15.3. The van der Waals surface area contributed by atoms with Gasteiger partial charge in [0, 0.05) is 24.3 Å². The molecule has 0 atom stereocenters. The summed E-state index contributed by atoms with van der Waals surface area (Å²) in [6, 6.07) is 7.61. The lowest BCUT2D eigenvalue weighted by atomic mass is 10.1. The van der Waals surface area contributed by atoms with Crippen LogP contribution < -0.4 is 4.90 Å². The van der Waals surface area contributed by atoms with Crippen molar-refractivity contribution in [1.82, 2.24) is 4.98 Å². The molecule has 6 nitrogen and oxygen atoms in total. The van der Waals surface area contributed by atoms with E-state index in [0.29, 0.717) is 18.8 Å². The molecule has 0 saturated carbocycles. The van der Waals surface area contributed by atoms with Gasteiger partial charge in [-0.2, -0.15) is 0 Å². The molecule has 20 heavy (non-hydrogen) atoms. The van der Waals surface area contributed by atoms with E-state index in [1.807, 2.05) is 24.3 Å². The molecule has 1 aromatic heterocycles. The molecule has 1 aromatic carbocycles. The summed E-state index contributed by atoms with van der Waals surface area (Å²) < 4.78 is 10.5. The summed E-state index contributed by atoms with van der Waals surface area (Å²) in [5.41, 5.74) is 1.67. The standard InChI is InChI=1S/C14H14N2O4/c17-14(18)12-13(20-9-15-12)10-2-1-3-11(8-10)16-4-6-19-7-5-16/h1-3,8-9H,4-7H2,(H,17,18). The molecule has 104 valence electrons. The molecule has 1 fully saturated rings. The van der Waals surface area contributed by atoms with Crippen molar-refractivity contribution in [3.05, 3.63) is 36.4 Å². The van der Waals surface area contributed by atoms with Crippen molar-refractivity contribution in [2.45, 2.75) is 0 Å². The smallest absolute Gasteiger partial charge is 0.358 e. The lowest BCUT2D eigenvalue weighted by molar-refractivity contribution is 0.0691. The van der Waals surface area contributed by atoms with Crippen LogP contribution in [0, 0.1) is 0 Å². The highest BCUT2D eigenvalue weighted by molar-refractivity contribution is 5.92. The monoisotopic (exact) mass is 274 g/mol. The van der Waals surface area contributed by atoms with E-state index < -0.39 is 5.97 Å². The summed E-state index contributed by atoms with van der Waals surface area (Å²) in [5, 5.41) is 9.08. The first-order valence-electron chi connectivity index (χ1n) is 6.35. The minimum Gasteiger partial charge on any atom is -0.476 e. The maximum Gasteiger partial charge on any atom is 0.358 e. The van der Waals surface area contributed by atoms with Crippen LogP contribution >= 0.6 is 0 Å². The average Bonchev–Trinajstić information content (AvgIpc) is 2.98. The Morgan fingerprint density at radius 2 is 2.10 bits per heavy atom. The molecule has 3 rings (SSSR count). The molecule has 1 aliphatic heterocycles. The molecule has 1 aliphatic rings. The molecular formula is C14H14N2O4. The van der Waals surface area contributed by atoms with Crippen molar-refractivity contribution >= 4 is 11.7 Å². The second kappa shape index (κ2) is 5.34.